The minimum absolute atomic E-state index is 0.0326. The highest BCUT2D eigenvalue weighted by Gasteiger charge is 2.34. The molecule has 3 N–H and O–H groups in total. The molecule has 0 bridgehead atoms. The van der Waals surface area contributed by atoms with E-state index in [1.54, 1.807) is 6.20 Å². The number of aryl methyl sites for hydroxylation is 1. The molecule has 20 heavy (non-hydrogen) atoms. The quantitative estimate of drug-likeness (QED) is 0.838. The molecule has 0 aromatic carbocycles. The van der Waals surface area contributed by atoms with E-state index in [1.165, 1.54) is 0 Å². The summed E-state index contributed by atoms with van der Waals surface area (Å²) in [6.45, 7) is 3.65. The average Bonchev–Trinajstić information content (AvgIpc) is 3.23. The summed E-state index contributed by atoms with van der Waals surface area (Å²) >= 11 is 0. The highest BCUT2D eigenvalue weighted by Crippen LogP contribution is 2.24. The number of rotatable bonds is 3. The first-order chi connectivity index (χ1) is 9.65. The number of hydrogen-bond acceptors (Lipinski definition) is 5. The van der Waals surface area contributed by atoms with Crippen LogP contribution in [0, 0.1) is 6.92 Å². The number of morpholine rings is 1. The Morgan fingerprint density at radius 2 is 2.35 bits per heavy atom. The highest BCUT2D eigenvalue weighted by atomic mass is 16.5. The molecule has 1 saturated heterocycles. The van der Waals surface area contributed by atoms with E-state index in [0.717, 1.165) is 24.2 Å². The molecule has 2 fully saturated rings. The number of aromatic nitrogens is 1. The van der Waals surface area contributed by atoms with Gasteiger partial charge in [0.05, 0.1) is 25.1 Å². The molecule has 6 nitrogen and oxygen atoms in total. The third kappa shape index (κ3) is 2.70. The van der Waals surface area contributed by atoms with E-state index in [-0.39, 0.29) is 11.9 Å². The zero-order chi connectivity index (χ0) is 14.1. The lowest BCUT2D eigenvalue weighted by Crippen LogP contribution is -2.54. The van der Waals surface area contributed by atoms with Crippen LogP contribution >= 0.6 is 0 Å². The van der Waals surface area contributed by atoms with Crippen molar-refractivity contribution in [3.63, 3.8) is 0 Å². The van der Waals surface area contributed by atoms with Crippen LogP contribution < -0.4 is 16.0 Å². The van der Waals surface area contributed by atoms with Crippen LogP contribution in [0.1, 0.15) is 18.4 Å². The molecule has 1 aromatic rings. The zero-order valence-electron chi connectivity index (χ0n) is 11.6. The van der Waals surface area contributed by atoms with Gasteiger partial charge in [-0.2, -0.15) is 0 Å². The summed E-state index contributed by atoms with van der Waals surface area (Å²) in [7, 11) is 0. The molecule has 2 heterocycles. The normalized spacial score (nSPS) is 22.6. The minimum Gasteiger partial charge on any atom is -0.397 e. The van der Waals surface area contributed by atoms with Gasteiger partial charge in [0.15, 0.2) is 0 Å². The Hall–Kier alpha value is -1.82. The summed E-state index contributed by atoms with van der Waals surface area (Å²) in [6.07, 6.45) is 3.80. The SMILES string of the molecule is Cc1cc(N)cnc1N1CCOCC1C(=O)NC1CC1. The number of amides is 1. The van der Waals surface area contributed by atoms with Crippen molar-refractivity contribution in [3.05, 3.63) is 17.8 Å². The van der Waals surface area contributed by atoms with Crippen molar-refractivity contribution < 1.29 is 9.53 Å². The Labute approximate surface area is 118 Å². The van der Waals surface area contributed by atoms with Gasteiger partial charge in [0.2, 0.25) is 5.91 Å². The van der Waals surface area contributed by atoms with Gasteiger partial charge < -0.3 is 20.7 Å². The predicted octanol–water partition coefficient (Wildman–Crippen LogP) is 0.456. The molecule has 0 radical (unpaired) electrons. The number of nitrogens with two attached hydrogens (primary N) is 1. The van der Waals surface area contributed by atoms with Gasteiger partial charge in [-0.15, -0.1) is 0 Å². The monoisotopic (exact) mass is 276 g/mol. The maximum atomic E-state index is 12.3. The molecule has 1 aliphatic heterocycles. The third-order valence-electron chi connectivity index (χ3n) is 3.70. The maximum absolute atomic E-state index is 12.3. The van der Waals surface area contributed by atoms with E-state index in [1.807, 2.05) is 17.9 Å². The molecular formula is C14H20N4O2. The van der Waals surface area contributed by atoms with E-state index in [2.05, 4.69) is 10.3 Å². The molecule has 1 amide bonds. The molecule has 3 rings (SSSR count). The van der Waals surface area contributed by atoms with E-state index in [9.17, 15) is 4.79 Å². The summed E-state index contributed by atoms with van der Waals surface area (Å²) in [4.78, 5) is 18.7. The van der Waals surface area contributed by atoms with Crippen molar-refractivity contribution in [1.82, 2.24) is 10.3 Å². The number of ether oxygens (including phenoxy) is 1. The van der Waals surface area contributed by atoms with Crippen LogP contribution in [-0.2, 0) is 9.53 Å². The Morgan fingerprint density at radius 3 is 3.05 bits per heavy atom. The van der Waals surface area contributed by atoms with Crippen molar-refractivity contribution in [2.75, 3.05) is 30.4 Å². The number of pyridine rings is 1. The van der Waals surface area contributed by atoms with Gasteiger partial charge in [-0.3, -0.25) is 4.79 Å². The maximum Gasteiger partial charge on any atom is 0.245 e. The van der Waals surface area contributed by atoms with Gasteiger partial charge in [-0.25, -0.2) is 4.98 Å². The topological polar surface area (TPSA) is 80.5 Å². The molecule has 2 aliphatic rings. The lowest BCUT2D eigenvalue weighted by atomic mass is 10.1. The van der Waals surface area contributed by atoms with Crippen LogP contribution in [0.3, 0.4) is 0 Å². The second-order valence-electron chi connectivity index (χ2n) is 5.48. The Balaban J connectivity index is 1.81. The molecule has 6 heteroatoms. The molecule has 0 spiro atoms. The first-order valence-corrected chi connectivity index (χ1v) is 7.02. The minimum atomic E-state index is -0.306. The van der Waals surface area contributed by atoms with Gasteiger partial charge in [0, 0.05) is 12.6 Å². The second kappa shape index (κ2) is 5.28. The van der Waals surface area contributed by atoms with Crippen LogP contribution in [0.5, 0.6) is 0 Å². The summed E-state index contributed by atoms with van der Waals surface area (Å²) < 4.78 is 5.47. The first-order valence-electron chi connectivity index (χ1n) is 7.02. The molecule has 1 aliphatic carbocycles. The van der Waals surface area contributed by atoms with Crippen molar-refractivity contribution in [3.8, 4) is 0 Å². The zero-order valence-corrected chi connectivity index (χ0v) is 11.6. The molecule has 1 saturated carbocycles. The molecule has 1 atom stereocenters. The second-order valence-corrected chi connectivity index (χ2v) is 5.48. The lowest BCUT2D eigenvalue weighted by molar-refractivity contribution is -0.124. The molecular weight excluding hydrogens is 256 g/mol. The summed E-state index contributed by atoms with van der Waals surface area (Å²) in [6, 6.07) is 1.93. The highest BCUT2D eigenvalue weighted by molar-refractivity contribution is 5.86. The number of nitrogens with one attached hydrogen (secondary N) is 1. The Kier molecular flexibility index (Phi) is 3.48. The van der Waals surface area contributed by atoms with Gasteiger partial charge in [-0.1, -0.05) is 0 Å². The fourth-order valence-electron chi connectivity index (χ4n) is 2.49. The third-order valence-corrected chi connectivity index (χ3v) is 3.70. The first kappa shape index (κ1) is 13.2. The van der Waals surface area contributed by atoms with Gasteiger partial charge in [-0.05, 0) is 31.4 Å². The summed E-state index contributed by atoms with van der Waals surface area (Å²) in [5.41, 5.74) is 7.36. The van der Waals surface area contributed by atoms with Crippen LogP contribution in [0.15, 0.2) is 12.3 Å². The smallest absolute Gasteiger partial charge is 0.245 e. The fraction of sp³-hybridized carbons (Fsp3) is 0.571. The molecule has 108 valence electrons. The van der Waals surface area contributed by atoms with Crippen LogP contribution in [0.4, 0.5) is 11.5 Å². The van der Waals surface area contributed by atoms with E-state index in [4.69, 9.17) is 10.5 Å². The number of nitrogens with zero attached hydrogens (tertiary/aromatic N) is 2. The summed E-state index contributed by atoms with van der Waals surface area (Å²) in [5.74, 6) is 0.851. The van der Waals surface area contributed by atoms with Crippen molar-refractivity contribution >= 4 is 17.4 Å². The standard InChI is InChI=1S/C14H20N4O2/c1-9-6-10(15)7-16-13(9)18-4-5-20-8-12(18)14(19)17-11-2-3-11/h6-7,11-12H,2-5,8,15H2,1H3,(H,17,19). The molecule has 1 aromatic heterocycles. The lowest BCUT2D eigenvalue weighted by Gasteiger charge is -2.36. The van der Waals surface area contributed by atoms with E-state index < -0.39 is 0 Å². The average molecular weight is 276 g/mol. The van der Waals surface area contributed by atoms with Crippen molar-refractivity contribution in [2.24, 2.45) is 0 Å². The Bertz CT molecular complexity index is 516. The number of anilines is 2. The number of nitrogen functional groups attached to an aromatic ring is 1. The van der Waals surface area contributed by atoms with E-state index >= 15 is 0 Å². The number of carbonyl (C=O) groups is 1. The van der Waals surface area contributed by atoms with Gasteiger partial charge >= 0.3 is 0 Å². The Morgan fingerprint density at radius 1 is 1.55 bits per heavy atom. The van der Waals surface area contributed by atoms with Crippen LogP contribution in [0.2, 0.25) is 0 Å². The van der Waals surface area contributed by atoms with Crippen LogP contribution in [0.25, 0.3) is 0 Å². The van der Waals surface area contributed by atoms with E-state index in [0.29, 0.717) is 31.5 Å². The number of carbonyl (C=O) groups excluding carboxylic acids is 1. The fourth-order valence-corrected chi connectivity index (χ4v) is 2.49. The van der Waals surface area contributed by atoms with Gasteiger partial charge in [0.25, 0.3) is 0 Å². The summed E-state index contributed by atoms with van der Waals surface area (Å²) in [5, 5.41) is 3.04. The van der Waals surface area contributed by atoms with Crippen LogP contribution in [-0.4, -0.2) is 42.7 Å². The van der Waals surface area contributed by atoms with Crippen molar-refractivity contribution in [1.29, 1.82) is 0 Å². The largest absolute Gasteiger partial charge is 0.397 e. The predicted molar refractivity (Wildman–Crippen MR) is 76.5 cm³/mol. The number of hydrogen-bond donors (Lipinski definition) is 2. The van der Waals surface area contributed by atoms with Crippen molar-refractivity contribution in [2.45, 2.75) is 31.8 Å². The molecule has 1 unspecified atom stereocenters. The van der Waals surface area contributed by atoms with Gasteiger partial charge in [0.1, 0.15) is 11.9 Å².